The van der Waals surface area contributed by atoms with Gasteiger partial charge in [-0.05, 0) is 109 Å². The van der Waals surface area contributed by atoms with E-state index < -0.39 is 7.26 Å². The molecule has 9 heteroatoms. The molecule has 314 valence electrons. The molecule has 0 saturated carbocycles. The molecular weight excluding hydrogens is 802 g/mol. The lowest BCUT2D eigenvalue weighted by molar-refractivity contribution is -0.132. The summed E-state index contributed by atoms with van der Waals surface area (Å²) >= 11 is 0. The topological polar surface area (TPSA) is 94.3 Å². The van der Waals surface area contributed by atoms with Gasteiger partial charge in [0.15, 0.2) is 5.43 Å². The van der Waals surface area contributed by atoms with E-state index in [9.17, 15) is 19.5 Å². The predicted molar refractivity (Wildman–Crippen MR) is 257 cm³/mol. The zero-order valence-corrected chi connectivity index (χ0v) is 36.2. The summed E-state index contributed by atoms with van der Waals surface area (Å²) < 4.78 is 6.40. The SMILES string of the molecule is CN(c1ccc(O)cc1)c1ccc2c(-c3ccccc3C(=O)N3CCN(C(=O)CCCC[P+](c4ccccc4)(c4ccccc4)c4ccccc4)CC3)c3ccc(=O)cc-3oc2c1. The van der Waals surface area contributed by atoms with Crippen LogP contribution in [0.1, 0.15) is 29.6 Å². The largest absolute Gasteiger partial charge is 0.508 e. The number of anilines is 2. The van der Waals surface area contributed by atoms with Gasteiger partial charge in [-0.1, -0.05) is 72.8 Å². The van der Waals surface area contributed by atoms with Gasteiger partial charge in [0.1, 0.15) is 40.3 Å². The van der Waals surface area contributed by atoms with Gasteiger partial charge in [-0.25, -0.2) is 0 Å². The van der Waals surface area contributed by atoms with Crippen molar-refractivity contribution >= 4 is 57.3 Å². The van der Waals surface area contributed by atoms with E-state index in [1.54, 1.807) is 18.2 Å². The number of fused-ring (bicyclic) bond motifs is 2. The summed E-state index contributed by atoms with van der Waals surface area (Å²) in [4.78, 5) is 46.6. The fourth-order valence-electron chi connectivity index (χ4n) is 9.07. The fraction of sp³-hybridized carbons (Fsp3) is 0.167. The van der Waals surface area contributed by atoms with Crippen molar-refractivity contribution in [2.24, 2.45) is 0 Å². The lowest BCUT2D eigenvalue weighted by atomic mass is 9.90. The molecule has 0 aromatic heterocycles. The highest BCUT2D eigenvalue weighted by molar-refractivity contribution is 7.95. The summed E-state index contributed by atoms with van der Waals surface area (Å²) in [5.74, 6) is 0.638. The van der Waals surface area contributed by atoms with Gasteiger partial charge < -0.3 is 24.2 Å². The first-order chi connectivity index (χ1) is 30.8. The number of phenolic OH excluding ortho intramolecular Hbond substituents is 1. The van der Waals surface area contributed by atoms with Gasteiger partial charge in [-0.3, -0.25) is 14.4 Å². The maximum atomic E-state index is 14.5. The molecule has 1 saturated heterocycles. The third-order valence-electron chi connectivity index (χ3n) is 12.4. The monoisotopic (exact) mass is 850 g/mol. The molecule has 2 aliphatic heterocycles. The van der Waals surface area contributed by atoms with Crippen LogP contribution in [0.5, 0.6) is 5.75 Å². The van der Waals surface area contributed by atoms with Gasteiger partial charge >= 0.3 is 0 Å². The summed E-state index contributed by atoms with van der Waals surface area (Å²) in [5.41, 5.74) is 4.93. The van der Waals surface area contributed by atoms with E-state index in [1.807, 2.05) is 76.3 Å². The normalized spacial score (nSPS) is 13.0. The van der Waals surface area contributed by atoms with Crippen LogP contribution in [-0.4, -0.2) is 66.1 Å². The first-order valence-corrected chi connectivity index (χ1v) is 23.5. The van der Waals surface area contributed by atoms with Crippen molar-refractivity contribution < 1.29 is 19.1 Å². The second-order valence-electron chi connectivity index (χ2n) is 16.1. The Kier molecular flexibility index (Phi) is 11.9. The Hall–Kier alpha value is -7.02. The number of hydrogen-bond acceptors (Lipinski definition) is 6. The Morgan fingerprint density at radius 2 is 1.19 bits per heavy atom. The third kappa shape index (κ3) is 8.35. The molecule has 2 heterocycles. The van der Waals surface area contributed by atoms with Crippen LogP contribution in [0, 0.1) is 0 Å². The number of carbonyl (C=O) groups excluding carboxylic acids is 2. The van der Waals surface area contributed by atoms with Gasteiger partial charge in [0, 0.05) is 85.2 Å². The molecule has 9 rings (SSSR count). The molecule has 3 aliphatic rings. The van der Waals surface area contributed by atoms with Crippen LogP contribution in [0.4, 0.5) is 11.4 Å². The Labute approximate surface area is 368 Å². The highest BCUT2D eigenvalue weighted by Crippen LogP contribution is 2.56. The number of piperazine rings is 1. The van der Waals surface area contributed by atoms with E-state index in [2.05, 4.69) is 91.0 Å². The summed E-state index contributed by atoms with van der Waals surface area (Å²) in [7, 11) is -0.0334. The van der Waals surface area contributed by atoms with Crippen molar-refractivity contribution in [2.45, 2.75) is 19.3 Å². The van der Waals surface area contributed by atoms with E-state index >= 15 is 0 Å². The van der Waals surface area contributed by atoms with Crippen molar-refractivity contribution in [1.82, 2.24) is 9.80 Å². The number of nitrogens with zero attached hydrogens (tertiary/aromatic N) is 3. The van der Waals surface area contributed by atoms with E-state index in [0.29, 0.717) is 49.5 Å². The van der Waals surface area contributed by atoms with Crippen LogP contribution in [0.3, 0.4) is 0 Å². The average molecular weight is 851 g/mol. The van der Waals surface area contributed by atoms with Gasteiger partial charge in [-0.15, -0.1) is 0 Å². The molecule has 0 atom stereocenters. The number of amides is 2. The number of unbranched alkanes of at least 4 members (excludes halogenated alkanes) is 1. The second-order valence-corrected chi connectivity index (χ2v) is 19.7. The van der Waals surface area contributed by atoms with Gasteiger partial charge in [0.25, 0.3) is 5.91 Å². The van der Waals surface area contributed by atoms with Crippen LogP contribution in [-0.2, 0) is 4.79 Å². The highest BCUT2D eigenvalue weighted by Gasteiger charge is 2.44. The third-order valence-corrected chi connectivity index (χ3v) is 16.9. The summed E-state index contributed by atoms with van der Waals surface area (Å²) in [6, 6.07) is 57.8. The molecule has 8 nitrogen and oxygen atoms in total. The predicted octanol–water partition coefficient (Wildman–Crippen LogP) is 9.49. The second kappa shape index (κ2) is 18.1. The summed E-state index contributed by atoms with van der Waals surface area (Å²) in [5, 5.41) is 14.7. The van der Waals surface area contributed by atoms with Gasteiger partial charge in [0.05, 0.1) is 6.16 Å². The highest BCUT2D eigenvalue weighted by atomic mass is 31.2. The zero-order valence-electron chi connectivity index (χ0n) is 35.3. The smallest absolute Gasteiger partial charge is 0.254 e. The zero-order chi connectivity index (χ0) is 43.3. The van der Waals surface area contributed by atoms with Crippen molar-refractivity contribution in [1.29, 1.82) is 0 Å². The molecule has 1 fully saturated rings. The van der Waals surface area contributed by atoms with E-state index in [4.69, 9.17) is 4.42 Å². The maximum Gasteiger partial charge on any atom is 0.254 e. The molecule has 0 radical (unpaired) electrons. The molecule has 0 spiro atoms. The molecule has 1 N–H and O–H groups in total. The van der Waals surface area contributed by atoms with Crippen molar-refractivity contribution in [3.8, 4) is 28.2 Å². The quantitative estimate of drug-likeness (QED) is 0.0749. The maximum absolute atomic E-state index is 14.5. The molecule has 0 unspecified atom stereocenters. The van der Waals surface area contributed by atoms with Crippen molar-refractivity contribution in [2.75, 3.05) is 44.3 Å². The standard InChI is InChI=1S/C54H48N3O5P/c1-55(39-24-27-41(58)28-25-39)40-26-30-48-50(37-40)62-51-38-42(59)29-31-49(51)53(48)46-21-11-12-22-47(46)54(61)57-34-32-56(33-35-57)52(60)23-13-14-36-63(43-15-5-2-6-16-43,44-17-7-3-8-18-44)45-19-9-4-10-20-45/h2-12,15-22,24-31,37-38H,13-14,23,32-36H2,1H3/p+1. The lowest BCUT2D eigenvalue weighted by Crippen LogP contribution is -2.50. The van der Waals surface area contributed by atoms with E-state index in [1.165, 1.54) is 28.0 Å². The van der Waals surface area contributed by atoms with E-state index in [0.717, 1.165) is 52.5 Å². The van der Waals surface area contributed by atoms with Gasteiger partial charge in [0.2, 0.25) is 5.91 Å². The van der Waals surface area contributed by atoms with Crippen LogP contribution in [0.25, 0.3) is 33.4 Å². The first kappa shape index (κ1) is 41.3. The number of hydrogen-bond donors (Lipinski definition) is 1. The number of rotatable bonds is 12. The summed E-state index contributed by atoms with van der Waals surface area (Å²) in [6.45, 7) is 1.81. The molecule has 2 amide bonds. The first-order valence-electron chi connectivity index (χ1n) is 21.5. The minimum absolute atomic E-state index is 0.105. The Balaban J connectivity index is 0.909. The number of carbonyl (C=O) groups is 2. The average Bonchev–Trinajstić information content (AvgIpc) is 3.33. The number of benzene rings is 7. The molecule has 6 aromatic rings. The van der Waals surface area contributed by atoms with Crippen molar-refractivity contribution in [3.63, 3.8) is 0 Å². The summed E-state index contributed by atoms with van der Waals surface area (Å²) in [6.07, 6.45) is 3.13. The van der Waals surface area contributed by atoms with Gasteiger partial charge in [-0.2, -0.15) is 0 Å². The van der Waals surface area contributed by atoms with Crippen LogP contribution >= 0.6 is 7.26 Å². The van der Waals surface area contributed by atoms with Crippen LogP contribution in [0.2, 0.25) is 0 Å². The molecule has 6 aromatic carbocycles. The molecule has 1 aliphatic carbocycles. The Morgan fingerprint density at radius 1 is 0.619 bits per heavy atom. The molecule has 63 heavy (non-hydrogen) atoms. The van der Waals surface area contributed by atoms with Crippen LogP contribution < -0.4 is 26.2 Å². The minimum Gasteiger partial charge on any atom is -0.508 e. The minimum atomic E-state index is -1.97. The number of aromatic hydroxyl groups is 1. The fourth-order valence-corrected chi connectivity index (χ4v) is 13.5. The molecular formula is C54H49N3O5P+. The number of phenols is 1. The van der Waals surface area contributed by atoms with Crippen LogP contribution in [0.15, 0.2) is 185 Å². The van der Waals surface area contributed by atoms with Crippen molar-refractivity contribution in [3.05, 3.63) is 192 Å². The lowest BCUT2D eigenvalue weighted by Gasteiger charge is -2.35. The Morgan fingerprint density at radius 3 is 1.83 bits per heavy atom. The van der Waals surface area contributed by atoms with E-state index in [-0.39, 0.29) is 23.0 Å². The Bertz CT molecular complexity index is 2800. The molecule has 0 bridgehead atoms.